The zero-order valence-corrected chi connectivity index (χ0v) is 15.5. The normalized spacial score (nSPS) is 15.8. The van der Waals surface area contributed by atoms with E-state index < -0.39 is 0 Å². The van der Waals surface area contributed by atoms with Crippen LogP contribution in [0.1, 0.15) is 52.3 Å². The first-order valence-corrected chi connectivity index (χ1v) is 9.01. The van der Waals surface area contributed by atoms with Crippen molar-refractivity contribution in [1.29, 1.82) is 0 Å². The lowest BCUT2D eigenvalue weighted by atomic mass is 9.78. The Morgan fingerprint density at radius 3 is 2.75 bits per heavy atom. The summed E-state index contributed by atoms with van der Waals surface area (Å²) in [5.41, 5.74) is 8.72. The number of hydrogen-bond acceptors (Lipinski definition) is 4. The first-order valence-electron chi connectivity index (χ1n) is 8.13. The monoisotopic (exact) mass is 365 g/mol. The smallest absolute Gasteiger partial charge is 0.270 e. The molecule has 2 aromatic rings. The Morgan fingerprint density at radius 1 is 1.38 bits per heavy atom. The Labute approximate surface area is 153 Å². The van der Waals surface area contributed by atoms with Gasteiger partial charge in [0.05, 0.1) is 0 Å². The Bertz CT molecular complexity index is 695. The van der Waals surface area contributed by atoms with E-state index in [2.05, 4.69) is 41.5 Å². The molecule has 1 amide bonds. The van der Waals surface area contributed by atoms with Crippen LogP contribution in [-0.4, -0.2) is 17.4 Å². The van der Waals surface area contributed by atoms with Crippen molar-refractivity contribution in [2.75, 3.05) is 6.54 Å². The molecule has 1 aromatic carbocycles. The number of benzene rings is 1. The Morgan fingerprint density at radius 2 is 2.12 bits per heavy atom. The van der Waals surface area contributed by atoms with Gasteiger partial charge in [-0.25, -0.2) is 4.98 Å². The quantitative estimate of drug-likeness (QED) is 0.851. The molecule has 0 unspecified atom stereocenters. The van der Waals surface area contributed by atoms with Crippen LogP contribution in [0.25, 0.3) is 0 Å². The van der Waals surface area contributed by atoms with Crippen LogP contribution in [0, 0.1) is 6.92 Å². The molecule has 1 aromatic heterocycles. The fourth-order valence-electron chi connectivity index (χ4n) is 3.44. The molecule has 1 saturated carbocycles. The highest BCUT2D eigenvalue weighted by atomic mass is 35.5. The fraction of sp³-hybridized carbons (Fsp3) is 0.444. The SMILES string of the molecule is Cc1cccc(C2(CNC(=O)c3csc(CN)n3)CCCC2)c1.Cl. The summed E-state index contributed by atoms with van der Waals surface area (Å²) in [6.45, 7) is 3.17. The maximum Gasteiger partial charge on any atom is 0.270 e. The maximum absolute atomic E-state index is 12.4. The second-order valence-corrected chi connectivity index (χ2v) is 7.31. The Kier molecular flexibility index (Phi) is 6.38. The Balaban J connectivity index is 0.00000208. The minimum atomic E-state index is -0.0973. The summed E-state index contributed by atoms with van der Waals surface area (Å²) in [6, 6.07) is 8.68. The van der Waals surface area contributed by atoms with E-state index in [9.17, 15) is 4.79 Å². The standard InChI is InChI=1S/C18H23N3OS.ClH/c1-13-5-4-6-14(9-13)18(7-2-3-8-18)12-20-17(22)15-11-23-16(10-19)21-15;/h4-6,9,11H,2-3,7-8,10,12,19H2,1H3,(H,20,22);1H. The predicted molar refractivity (Wildman–Crippen MR) is 101 cm³/mol. The van der Waals surface area contributed by atoms with Gasteiger partial charge in [-0.05, 0) is 25.3 Å². The summed E-state index contributed by atoms with van der Waals surface area (Å²) in [4.78, 5) is 16.6. The van der Waals surface area contributed by atoms with Crippen LogP contribution in [0.2, 0.25) is 0 Å². The molecule has 3 rings (SSSR count). The van der Waals surface area contributed by atoms with Crippen LogP contribution in [0.4, 0.5) is 0 Å². The molecule has 6 heteroatoms. The summed E-state index contributed by atoms with van der Waals surface area (Å²) < 4.78 is 0. The van der Waals surface area contributed by atoms with E-state index in [-0.39, 0.29) is 23.7 Å². The summed E-state index contributed by atoms with van der Waals surface area (Å²) in [6.07, 6.45) is 4.69. The van der Waals surface area contributed by atoms with Crippen molar-refractivity contribution < 1.29 is 4.79 Å². The van der Waals surface area contributed by atoms with Crippen LogP contribution in [0.3, 0.4) is 0 Å². The van der Waals surface area contributed by atoms with Gasteiger partial charge in [0.2, 0.25) is 0 Å². The molecule has 0 aliphatic heterocycles. The molecule has 0 spiro atoms. The van der Waals surface area contributed by atoms with E-state index >= 15 is 0 Å². The number of aryl methyl sites for hydroxylation is 1. The zero-order valence-electron chi connectivity index (χ0n) is 13.9. The van der Waals surface area contributed by atoms with Crippen LogP contribution >= 0.6 is 23.7 Å². The van der Waals surface area contributed by atoms with Gasteiger partial charge in [0.15, 0.2) is 0 Å². The third kappa shape index (κ3) is 3.97. The van der Waals surface area contributed by atoms with E-state index in [4.69, 9.17) is 5.73 Å². The summed E-state index contributed by atoms with van der Waals surface area (Å²) in [7, 11) is 0. The molecule has 0 bridgehead atoms. The number of carbonyl (C=O) groups is 1. The van der Waals surface area contributed by atoms with Gasteiger partial charge in [-0.3, -0.25) is 4.79 Å². The highest BCUT2D eigenvalue weighted by molar-refractivity contribution is 7.09. The molecular weight excluding hydrogens is 342 g/mol. The van der Waals surface area contributed by atoms with Crippen molar-refractivity contribution in [2.24, 2.45) is 5.73 Å². The van der Waals surface area contributed by atoms with Gasteiger partial charge in [0, 0.05) is 23.9 Å². The number of amides is 1. The van der Waals surface area contributed by atoms with Gasteiger partial charge in [0.1, 0.15) is 10.7 Å². The minimum absolute atomic E-state index is 0. The minimum Gasteiger partial charge on any atom is -0.350 e. The lowest BCUT2D eigenvalue weighted by molar-refractivity contribution is 0.0938. The van der Waals surface area contributed by atoms with Gasteiger partial charge in [-0.1, -0.05) is 42.7 Å². The largest absolute Gasteiger partial charge is 0.350 e. The van der Waals surface area contributed by atoms with E-state index in [1.807, 2.05) is 0 Å². The van der Waals surface area contributed by atoms with E-state index in [1.165, 1.54) is 35.3 Å². The molecular formula is C18H24ClN3OS. The van der Waals surface area contributed by atoms with Crippen LogP contribution in [-0.2, 0) is 12.0 Å². The second-order valence-electron chi connectivity index (χ2n) is 6.37. The van der Waals surface area contributed by atoms with Crippen molar-refractivity contribution in [3.8, 4) is 0 Å². The number of halogens is 1. The number of aromatic nitrogens is 1. The lowest BCUT2D eigenvalue weighted by Gasteiger charge is -2.30. The number of thiazole rings is 1. The first-order chi connectivity index (χ1) is 11.1. The number of rotatable bonds is 5. The molecule has 1 aliphatic carbocycles. The molecule has 0 saturated heterocycles. The van der Waals surface area contributed by atoms with Gasteiger partial charge in [0.25, 0.3) is 5.91 Å². The van der Waals surface area contributed by atoms with Crippen LogP contribution in [0.15, 0.2) is 29.6 Å². The molecule has 4 nitrogen and oxygen atoms in total. The number of hydrogen-bond donors (Lipinski definition) is 2. The van der Waals surface area contributed by atoms with Crippen LogP contribution in [0.5, 0.6) is 0 Å². The van der Waals surface area contributed by atoms with Gasteiger partial charge < -0.3 is 11.1 Å². The molecule has 24 heavy (non-hydrogen) atoms. The van der Waals surface area contributed by atoms with Gasteiger partial charge >= 0.3 is 0 Å². The van der Waals surface area contributed by atoms with Crippen molar-refractivity contribution in [2.45, 2.75) is 44.6 Å². The zero-order chi connectivity index (χ0) is 16.3. The second kappa shape index (κ2) is 8.10. The van der Waals surface area contributed by atoms with E-state index in [1.54, 1.807) is 5.38 Å². The van der Waals surface area contributed by atoms with Crippen molar-refractivity contribution in [3.63, 3.8) is 0 Å². The number of nitrogens with zero attached hydrogens (tertiary/aromatic N) is 1. The average Bonchev–Trinajstić information content (AvgIpc) is 3.23. The molecule has 0 radical (unpaired) electrons. The number of nitrogens with one attached hydrogen (secondary N) is 1. The summed E-state index contributed by atoms with van der Waals surface area (Å²) >= 11 is 1.44. The highest BCUT2D eigenvalue weighted by Crippen LogP contribution is 2.40. The highest BCUT2D eigenvalue weighted by Gasteiger charge is 2.36. The van der Waals surface area contributed by atoms with Crippen molar-refractivity contribution in [3.05, 3.63) is 51.5 Å². The van der Waals surface area contributed by atoms with Gasteiger partial charge in [-0.15, -0.1) is 23.7 Å². The molecule has 1 aliphatic rings. The summed E-state index contributed by atoms with van der Waals surface area (Å²) in [5, 5.41) is 5.68. The lowest BCUT2D eigenvalue weighted by Crippen LogP contribution is -2.39. The van der Waals surface area contributed by atoms with E-state index in [0.717, 1.165) is 17.8 Å². The molecule has 1 fully saturated rings. The number of nitrogens with two attached hydrogens (primary N) is 1. The summed E-state index contributed by atoms with van der Waals surface area (Å²) in [5.74, 6) is -0.0973. The predicted octanol–water partition coefficient (Wildman–Crippen LogP) is 3.57. The molecule has 130 valence electrons. The maximum atomic E-state index is 12.4. The third-order valence-corrected chi connectivity index (χ3v) is 5.61. The van der Waals surface area contributed by atoms with Crippen molar-refractivity contribution >= 4 is 29.7 Å². The molecule has 0 atom stereocenters. The van der Waals surface area contributed by atoms with E-state index in [0.29, 0.717) is 18.8 Å². The molecule has 1 heterocycles. The third-order valence-electron chi connectivity index (χ3n) is 4.74. The van der Waals surface area contributed by atoms with Crippen molar-refractivity contribution in [1.82, 2.24) is 10.3 Å². The first kappa shape index (κ1) is 18.9. The van der Waals surface area contributed by atoms with Crippen LogP contribution < -0.4 is 11.1 Å². The van der Waals surface area contributed by atoms with Gasteiger partial charge in [-0.2, -0.15) is 0 Å². The average molecular weight is 366 g/mol. The Hall–Kier alpha value is -1.43. The topological polar surface area (TPSA) is 68.0 Å². The number of carbonyl (C=O) groups excluding carboxylic acids is 1. The molecule has 3 N–H and O–H groups in total. The fourth-order valence-corrected chi connectivity index (χ4v) is 4.10.